The number of morpholine rings is 1. The van der Waals surface area contributed by atoms with Crippen molar-refractivity contribution in [2.45, 2.75) is 24.9 Å². The summed E-state index contributed by atoms with van der Waals surface area (Å²) in [5, 5.41) is 0. The first kappa shape index (κ1) is 14.5. The van der Waals surface area contributed by atoms with E-state index in [0.717, 1.165) is 0 Å². The normalized spacial score (nSPS) is 29.4. The summed E-state index contributed by atoms with van der Waals surface area (Å²) in [4.78, 5) is 14.6. The van der Waals surface area contributed by atoms with E-state index in [-0.39, 0.29) is 23.6 Å². The average molecular weight is 299 g/mol. The minimum atomic E-state index is -1.28. The van der Waals surface area contributed by atoms with Crippen LogP contribution in [0.5, 0.6) is 0 Å². The van der Waals surface area contributed by atoms with Crippen LogP contribution in [-0.2, 0) is 4.74 Å². The molecule has 2 atom stereocenters. The van der Waals surface area contributed by atoms with E-state index >= 15 is 0 Å². The molecule has 21 heavy (non-hydrogen) atoms. The molecule has 3 rings (SSSR count). The molecule has 0 spiro atoms. The zero-order chi connectivity index (χ0) is 15.1. The number of ketones is 1. The lowest BCUT2D eigenvalue weighted by Crippen LogP contribution is -2.55. The van der Waals surface area contributed by atoms with Crippen LogP contribution in [0.1, 0.15) is 23.2 Å². The van der Waals surface area contributed by atoms with Gasteiger partial charge in [0.15, 0.2) is 17.4 Å². The lowest BCUT2D eigenvalue weighted by atomic mass is 9.81. The summed E-state index contributed by atoms with van der Waals surface area (Å²) in [6, 6.07) is 1.32. The SMILES string of the molecule is CN1C2COCC1CC(C(=O)c1cc(F)c(F)cc1F)C2. The number of benzene rings is 1. The zero-order valence-electron chi connectivity index (χ0n) is 11.6. The number of hydrogen-bond acceptors (Lipinski definition) is 3. The Hall–Kier alpha value is -1.40. The Morgan fingerprint density at radius 3 is 2.29 bits per heavy atom. The smallest absolute Gasteiger partial charge is 0.169 e. The van der Waals surface area contributed by atoms with Crippen LogP contribution in [-0.4, -0.2) is 43.0 Å². The summed E-state index contributed by atoms with van der Waals surface area (Å²) in [7, 11) is 1.98. The van der Waals surface area contributed by atoms with E-state index < -0.39 is 23.2 Å². The van der Waals surface area contributed by atoms with Gasteiger partial charge in [0.25, 0.3) is 0 Å². The number of rotatable bonds is 2. The van der Waals surface area contributed by atoms with Crippen LogP contribution in [0.2, 0.25) is 0 Å². The maximum absolute atomic E-state index is 13.7. The second kappa shape index (κ2) is 5.42. The van der Waals surface area contributed by atoms with Crippen LogP contribution < -0.4 is 0 Å². The second-order valence-electron chi connectivity index (χ2n) is 5.79. The van der Waals surface area contributed by atoms with Crippen LogP contribution >= 0.6 is 0 Å². The van der Waals surface area contributed by atoms with Crippen LogP contribution in [0, 0.1) is 23.4 Å². The number of fused-ring (bicyclic) bond motifs is 2. The van der Waals surface area contributed by atoms with Crippen LogP contribution in [0.3, 0.4) is 0 Å². The van der Waals surface area contributed by atoms with Gasteiger partial charge in [-0.15, -0.1) is 0 Å². The lowest BCUT2D eigenvalue weighted by molar-refractivity contribution is -0.0703. The van der Waals surface area contributed by atoms with Gasteiger partial charge in [-0.05, 0) is 26.0 Å². The van der Waals surface area contributed by atoms with Gasteiger partial charge in [0.05, 0.1) is 18.8 Å². The van der Waals surface area contributed by atoms with E-state index in [4.69, 9.17) is 4.74 Å². The molecule has 0 aromatic heterocycles. The highest BCUT2D eigenvalue weighted by Gasteiger charge is 2.40. The Kier molecular flexibility index (Phi) is 3.75. The number of halogens is 3. The molecule has 2 bridgehead atoms. The van der Waals surface area contributed by atoms with Gasteiger partial charge in [0, 0.05) is 24.1 Å². The molecule has 1 aromatic carbocycles. The van der Waals surface area contributed by atoms with E-state index in [1.807, 2.05) is 7.05 Å². The fraction of sp³-hybridized carbons (Fsp3) is 0.533. The summed E-state index contributed by atoms with van der Waals surface area (Å²) in [5.41, 5.74) is -0.359. The van der Waals surface area contributed by atoms with E-state index in [2.05, 4.69) is 4.90 Å². The molecule has 0 N–H and O–H groups in total. The minimum Gasteiger partial charge on any atom is -0.378 e. The molecular weight excluding hydrogens is 283 g/mol. The molecule has 0 saturated carbocycles. The Balaban J connectivity index is 1.84. The summed E-state index contributed by atoms with van der Waals surface area (Å²) in [6.45, 7) is 1.08. The number of piperidine rings is 1. The van der Waals surface area contributed by atoms with Crippen molar-refractivity contribution in [3.8, 4) is 0 Å². The number of carbonyl (C=O) groups is 1. The number of ether oxygens (including phenoxy) is 1. The number of carbonyl (C=O) groups excluding carboxylic acids is 1. The van der Waals surface area contributed by atoms with Crippen molar-refractivity contribution in [1.82, 2.24) is 4.90 Å². The fourth-order valence-corrected chi connectivity index (χ4v) is 3.24. The second-order valence-corrected chi connectivity index (χ2v) is 5.79. The number of hydrogen-bond donors (Lipinski definition) is 0. The third-order valence-electron chi connectivity index (χ3n) is 4.53. The van der Waals surface area contributed by atoms with Gasteiger partial charge in [-0.1, -0.05) is 0 Å². The van der Waals surface area contributed by atoms with Gasteiger partial charge in [-0.3, -0.25) is 9.69 Å². The first-order valence-electron chi connectivity index (χ1n) is 6.95. The fourth-order valence-electron chi connectivity index (χ4n) is 3.24. The van der Waals surface area contributed by atoms with Crippen LogP contribution in [0.4, 0.5) is 13.2 Å². The quantitative estimate of drug-likeness (QED) is 0.620. The number of likely N-dealkylation sites (N-methyl/N-ethyl adjacent to an activating group) is 1. The highest BCUT2D eigenvalue weighted by atomic mass is 19.2. The maximum atomic E-state index is 13.7. The Morgan fingerprint density at radius 2 is 1.67 bits per heavy atom. The molecule has 0 amide bonds. The van der Waals surface area contributed by atoms with Crippen molar-refractivity contribution >= 4 is 5.78 Å². The first-order valence-corrected chi connectivity index (χ1v) is 6.95. The molecule has 2 heterocycles. The molecule has 2 fully saturated rings. The van der Waals surface area contributed by atoms with Gasteiger partial charge < -0.3 is 4.74 Å². The van der Waals surface area contributed by atoms with Crippen LogP contribution in [0.15, 0.2) is 12.1 Å². The molecule has 2 saturated heterocycles. The average Bonchev–Trinajstić information content (AvgIpc) is 2.42. The van der Waals surface area contributed by atoms with Gasteiger partial charge in [-0.25, -0.2) is 13.2 Å². The molecule has 114 valence electrons. The van der Waals surface area contributed by atoms with E-state index in [9.17, 15) is 18.0 Å². The van der Waals surface area contributed by atoms with Crippen molar-refractivity contribution in [2.24, 2.45) is 5.92 Å². The molecule has 0 radical (unpaired) electrons. The summed E-state index contributed by atoms with van der Waals surface area (Å²) < 4.78 is 45.4. The van der Waals surface area contributed by atoms with Gasteiger partial charge in [0.2, 0.25) is 0 Å². The Morgan fingerprint density at radius 1 is 1.10 bits per heavy atom. The monoisotopic (exact) mass is 299 g/mol. The molecular formula is C15H16F3NO2. The highest BCUT2D eigenvalue weighted by Crippen LogP contribution is 2.33. The van der Waals surface area contributed by atoms with Gasteiger partial charge in [-0.2, -0.15) is 0 Å². The Bertz CT molecular complexity index is 564. The maximum Gasteiger partial charge on any atom is 0.169 e. The van der Waals surface area contributed by atoms with E-state index in [0.29, 0.717) is 38.2 Å². The van der Waals surface area contributed by atoms with Crippen molar-refractivity contribution in [2.75, 3.05) is 20.3 Å². The molecule has 3 nitrogen and oxygen atoms in total. The van der Waals surface area contributed by atoms with Crippen molar-refractivity contribution in [3.63, 3.8) is 0 Å². The van der Waals surface area contributed by atoms with Crippen LogP contribution in [0.25, 0.3) is 0 Å². The highest BCUT2D eigenvalue weighted by molar-refractivity contribution is 5.98. The lowest BCUT2D eigenvalue weighted by Gasteiger charge is -2.46. The molecule has 2 unspecified atom stereocenters. The molecule has 1 aromatic rings. The van der Waals surface area contributed by atoms with Crippen molar-refractivity contribution < 1.29 is 22.7 Å². The molecule has 6 heteroatoms. The number of Topliss-reactive ketones (excluding diaryl/α,β-unsaturated/α-hetero) is 1. The third-order valence-corrected chi connectivity index (χ3v) is 4.53. The van der Waals surface area contributed by atoms with Crippen molar-refractivity contribution in [3.05, 3.63) is 35.1 Å². The summed E-state index contributed by atoms with van der Waals surface area (Å²) in [6.07, 6.45) is 1.09. The summed E-state index contributed by atoms with van der Waals surface area (Å²) >= 11 is 0. The van der Waals surface area contributed by atoms with Gasteiger partial charge >= 0.3 is 0 Å². The third kappa shape index (κ3) is 2.58. The largest absolute Gasteiger partial charge is 0.378 e. The van der Waals surface area contributed by atoms with E-state index in [1.54, 1.807) is 0 Å². The Labute approximate surface area is 120 Å². The minimum absolute atomic E-state index is 0.111. The standard InChI is InChI=1S/C15H16F3NO2/c1-19-9-2-8(3-10(19)7-21-6-9)15(20)11-4-13(17)14(18)5-12(11)16/h4-5,8-10H,2-3,6-7H2,1H3. The summed E-state index contributed by atoms with van der Waals surface area (Å²) in [5.74, 6) is -4.30. The van der Waals surface area contributed by atoms with Gasteiger partial charge in [0.1, 0.15) is 5.82 Å². The molecule has 2 aliphatic heterocycles. The topological polar surface area (TPSA) is 29.5 Å². The first-order chi connectivity index (χ1) is 9.97. The number of nitrogens with zero attached hydrogens (tertiary/aromatic N) is 1. The predicted octanol–water partition coefficient (Wildman–Crippen LogP) is 2.40. The van der Waals surface area contributed by atoms with Crippen molar-refractivity contribution in [1.29, 1.82) is 0 Å². The zero-order valence-corrected chi connectivity index (χ0v) is 11.6. The molecule has 0 aliphatic carbocycles. The molecule has 2 aliphatic rings. The van der Waals surface area contributed by atoms with E-state index in [1.165, 1.54) is 0 Å². The predicted molar refractivity (Wildman–Crippen MR) is 69.5 cm³/mol.